The first kappa shape index (κ1) is 15.6. The number of nitrogens with zero attached hydrogens (tertiary/aromatic N) is 2. The highest BCUT2D eigenvalue weighted by Gasteiger charge is 2.16. The van der Waals surface area contributed by atoms with Gasteiger partial charge in [-0.3, -0.25) is 0 Å². The van der Waals surface area contributed by atoms with E-state index in [1.54, 1.807) is 0 Å². The van der Waals surface area contributed by atoms with Gasteiger partial charge >= 0.3 is 0 Å². The average Bonchev–Trinajstić information content (AvgIpc) is 2.98. The van der Waals surface area contributed by atoms with Crippen LogP contribution in [0.25, 0.3) is 0 Å². The van der Waals surface area contributed by atoms with Crippen LogP contribution in [0.2, 0.25) is 0 Å². The van der Waals surface area contributed by atoms with Gasteiger partial charge in [0.2, 0.25) is 0 Å². The van der Waals surface area contributed by atoms with Crippen LogP contribution in [0.5, 0.6) is 5.75 Å². The number of nitrogens with one attached hydrogen (secondary N) is 1. The molecule has 0 amide bonds. The molecule has 21 heavy (non-hydrogen) atoms. The maximum absolute atomic E-state index is 5.71. The molecular weight excluding hydrogens is 262 g/mol. The molecule has 0 aliphatic heterocycles. The summed E-state index contributed by atoms with van der Waals surface area (Å²) in [6.45, 7) is 6.00. The highest BCUT2D eigenvalue weighted by molar-refractivity contribution is 5.32. The molecule has 2 rings (SSSR count). The summed E-state index contributed by atoms with van der Waals surface area (Å²) in [5.41, 5.74) is 1.20. The van der Waals surface area contributed by atoms with Crippen molar-refractivity contribution in [2.24, 2.45) is 0 Å². The Bertz CT molecular complexity index is 533. The molecule has 1 aromatic heterocycles. The van der Waals surface area contributed by atoms with E-state index in [0.717, 1.165) is 37.6 Å². The van der Waals surface area contributed by atoms with E-state index in [-0.39, 0.29) is 6.04 Å². The molecular formula is C17H25N3O. The Kier molecular flexibility index (Phi) is 5.81. The fourth-order valence-corrected chi connectivity index (χ4v) is 2.38. The smallest absolute Gasteiger partial charge is 0.130 e. The number of ether oxygens (including phenoxy) is 1. The van der Waals surface area contributed by atoms with Crippen molar-refractivity contribution in [3.63, 3.8) is 0 Å². The first-order chi connectivity index (χ1) is 10.3. The van der Waals surface area contributed by atoms with Crippen LogP contribution in [0.4, 0.5) is 0 Å². The Balaban J connectivity index is 2.12. The Morgan fingerprint density at radius 3 is 2.62 bits per heavy atom. The largest absolute Gasteiger partial charge is 0.494 e. The van der Waals surface area contributed by atoms with E-state index >= 15 is 0 Å². The molecule has 0 spiro atoms. The van der Waals surface area contributed by atoms with Gasteiger partial charge in [0.15, 0.2) is 0 Å². The van der Waals surface area contributed by atoms with Crippen molar-refractivity contribution in [1.29, 1.82) is 0 Å². The molecule has 0 saturated carbocycles. The van der Waals surface area contributed by atoms with Gasteiger partial charge in [-0.25, -0.2) is 4.98 Å². The van der Waals surface area contributed by atoms with Crippen molar-refractivity contribution in [3.05, 3.63) is 48.0 Å². The van der Waals surface area contributed by atoms with Crippen molar-refractivity contribution in [3.8, 4) is 5.75 Å². The second-order valence-corrected chi connectivity index (χ2v) is 5.06. The maximum Gasteiger partial charge on any atom is 0.130 e. The fraction of sp³-hybridized carbons (Fsp3) is 0.471. The van der Waals surface area contributed by atoms with Crippen molar-refractivity contribution in [1.82, 2.24) is 14.9 Å². The Hall–Kier alpha value is -1.81. The van der Waals surface area contributed by atoms with Crippen LogP contribution in [0, 0.1) is 0 Å². The lowest BCUT2D eigenvalue weighted by atomic mass is 10.1. The molecule has 0 aliphatic rings. The SMILES string of the molecule is CCCCOc1ccc(C(NC)c2nccn2CC)cc1. The summed E-state index contributed by atoms with van der Waals surface area (Å²) in [6.07, 6.45) is 6.11. The van der Waals surface area contributed by atoms with Crippen molar-refractivity contribution < 1.29 is 4.74 Å². The van der Waals surface area contributed by atoms with Crippen LogP contribution in [0.1, 0.15) is 44.1 Å². The molecule has 0 saturated heterocycles. The molecule has 0 bridgehead atoms. The van der Waals surface area contributed by atoms with Crippen LogP contribution < -0.4 is 10.1 Å². The number of aromatic nitrogens is 2. The van der Waals surface area contributed by atoms with E-state index in [9.17, 15) is 0 Å². The van der Waals surface area contributed by atoms with Crippen LogP contribution in [-0.4, -0.2) is 23.2 Å². The molecule has 0 fully saturated rings. The molecule has 1 unspecified atom stereocenters. The van der Waals surface area contributed by atoms with Gasteiger partial charge in [-0.05, 0) is 38.1 Å². The summed E-state index contributed by atoms with van der Waals surface area (Å²) >= 11 is 0. The average molecular weight is 287 g/mol. The van der Waals surface area contributed by atoms with Gasteiger partial charge in [-0.2, -0.15) is 0 Å². The summed E-state index contributed by atoms with van der Waals surface area (Å²) in [6, 6.07) is 8.39. The predicted octanol–water partition coefficient (Wildman–Crippen LogP) is 3.39. The summed E-state index contributed by atoms with van der Waals surface area (Å²) in [5.74, 6) is 1.97. The minimum atomic E-state index is 0.102. The monoisotopic (exact) mass is 287 g/mol. The summed E-state index contributed by atoms with van der Waals surface area (Å²) in [7, 11) is 1.96. The minimum Gasteiger partial charge on any atom is -0.494 e. The van der Waals surface area contributed by atoms with Gasteiger partial charge < -0.3 is 14.6 Å². The zero-order valence-corrected chi connectivity index (χ0v) is 13.2. The van der Waals surface area contributed by atoms with Gasteiger partial charge in [0.05, 0.1) is 12.6 Å². The summed E-state index contributed by atoms with van der Waals surface area (Å²) in [4.78, 5) is 4.49. The van der Waals surface area contributed by atoms with Crippen molar-refractivity contribution >= 4 is 0 Å². The van der Waals surface area contributed by atoms with Crippen LogP contribution in [-0.2, 0) is 6.54 Å². The van der Waals surface area contributed by atoms with Crippen molar-refractivity contribution in [2.75, 3.05) is 13.7 Å². The molecule has 1 heterocycles. The van der Waals surface area contributed by atoms with Gasteiger partial charge in [0.25, 0.3) is 0 Å². The van der Waals surface area contributed by atoms with Gasteiger partial charge in [0, 0.05) is 18.9 Å². The third kappa shape index (κ3) is 3.85. The van der Waals surface area contributed by atoms with Crippen LogP contribution in [0.3, 0.4) is 0 Å². The van der Waals surface area contributed by atoms with E-state index in [4.69, 9.17) is 4.74 Å². The van der Waals surface area contributed by atoms with E-state index < -0.39 is 0 Å². The number of hydrogen-bond donors (Lipinski definition) is 1. The summed E-state index contributed by atoms with van der Waals surface area (Å²) in [5, 5.41) is 3.34. The van der Waals surface area contributed by atoms with E-state index in [2.05, 4.69) is 40.8 Å². The predicted molar refractivity (Wildman–Crippen MR) is 85.6 cm³/mol. The molecule has 0 radical (unpaired) electrons. The lowest BCUT2D eigenvalue weighted by Gasteiger charge is -2.18. The minimum absolute atomic E-state index is 0.102. The van der Waals surface area contributed by atoms with Crippen LogP contribution >= 0.6 is 0 Å². The second kappa shape index (κ2) is 7.84. The number of rotatable bonds is 8. The van der Waals surface area contributed by atoms with Gasteiger partial charge in [-0.1, -0.05) is 25.5 Å². The fourth-order valence-electron chi connectivity index (χ4n) is 2.38. The first-order valence-corrected chi connectivity index (χ1v) is 7.71. The standard InChI is InChI=1S/C17H25N3O/c1-4-6-13-21-15-9-7-14(8-10-15)16(18-3)17-19-11-12-20(17)5-2/h7-12,16,18H,4-6,13H2,1-3H3. The number of aryl methyl sites for hydroxylation is 1. The third-order valence-corrected chi connectivity index (χ3v) is 3.62. The molecule has 114 valence electrons. The Labute approximate surface area is 127 Å². The van der Waals surface area contributed by atoms with E-state index in [0.29, 0.717) is 0 Å². The van der Waals surface area contributed by atoms with E-state index in [1.807, 2.05) is 31.6 Å². The molecule has 4 nitrogen and oxygen atoms in total. The summed E-state index contributed by atoms with van der Waals surface area (Å²) < 4.78 is 7.87. The molecule has 1 atom stereocenters. The number of unbranched alkanes of at least 4 members (excludes halogenated alkanes) is 1. The molecule has 1 N–H and O–H groups in total. The Morgan fingerprint density at radius 2 is 2.00 bits per heavy atom. The zero-order chi connectivity index (χ0) is 15.1. The second-order valence-electron chi connectivity index (χ2n) is 5.06. The maximum atomic E-state index is 5.71. The molecule has 2 aromatic rings. The number of imidazole rings is 1. The highest BCUT2D eigenvalue weighted by atomic mass is 16.5. The highest BCUT2D eigenvalue weighted by Crippen LogP contribution is 2.23. The molecule has 1 aromatic carbocycles. The number of hydrogen-bond acceptors (Lipinski definition) is 3. The van der Waals surface area contributed by atoms with E-state index in [1.165, 1.54) is 5.56 Å². The third-order valence-electron chi connectivity index (χ3n) is 3.62. The van der Waals surface area contributed by atoms with Crippen molar-refractivity contribution in [2.45, 2.75) is 39.3 Å². The lowest BCUT2D eigenvalue weighted by Crippen LogP contribution is -2.21. The first-order valence-electron chi connectivity index (χ1n) is 7.71. The Morgan fingerprint density at radius 1 is 1.24 bits per heavy atom. The molecule has 4 heteroatoms. The van der Waals surface area contributed by atoms with Crippen LogP contribution in [0.15, 0.2) is 36.7 Å². The molecule has 0 aliphatic carbocycles. The normalized spacial score (nSPS) is 12.3. The lowest BCUT2D eigenvalue weighted by molar-refractivity contribution is 0.309. The quantitative estimate of drug-likeness (QED) is 0.756. The zero-order valence-electron chi connectivity index (χ0n) is 13.2. The number of benzene rings is 1. The van der Waals surface area contributed by atoms with Gasteiger partial charge in [-0.15, -0.1) is 0 Å². The topological polar surface area (TPSA) is 39.1 Å². The van der Waals surface area contributed by atoms with Gasteiger partial charge in [0.1, 0.15) is 11.6 Å².